The number of thiophene rings is 1. The van der Waals surface area contributed by atoms with E-state index in [2.05, 4.69) is 21.6 Å². The minimum absolute atomic E-state index is 0.196. The number of amides is 2. The van der Waals surface area contributed by atoms with Crippen molar-refractivity contribution in [2.24, 2.45) is 0 Å². The van der Waals surface area contributed by atoms with Gasteiger partial charge in [-0.15, -0.1) is 0 Å². The van der Waals surface area contributed by atoms with Crippen molar-refractivity contribution in [1.82, 2.24) is 15.5 Å². The molecule has 0 fully saturated rings. The summed E-state index contributed by atoms with van der Waals surface area (Å²) in [6, 6.07) is 9.62. The molecule has 2 rings (SSSR count). The molecule has 0 aliphatic carbocycles. The van der Waals surface area contributed by atoms with Crippen molar-refractivity contribution in [3.8, 4) is 0 Å². The van der Waals surface area contributed by atoms with Crippen LogP contribution in [0.3, 0.4) is 0 Å². The summed E-state index contributed by atoms with van der Waals surface area (Å²) in [7, 11) is 4.03. The van der Waals surface area contributed by atoms with Gasteiger partial charge in [0.2, 0.25) is 0 Å². The molecule has 1 atom stereocenters. The number of rotatable bonds is 7. The summed E-state index contributed by atoms with van der Waals surface area (Å²) in [5, 5.41) is 19.3. The van der Waals surface area contributed by atoms with Crippen molar-refractivity contribution in [2.45, 2.75) is 19.2 Å². The van der Waals surface area contributed by atoms with Crippen LogP contribution in [0.4, 0.5) is 4.79 Å². The van der Waals surface area contributed by atoms with E-state index in [1.54, 1.807) is 0 Å². The second-order valence-electron chi connectivity index (χ2n) is 5.64. The molecule has 124 valence electrons. The predicted octanol–water partition coefficient (Wildman–Crippen LogP) is 2.34. The summed E-state index contributed by atoms with van der Waals surface area (Å²) in [5.74, 6) is 0. The van der Waals surface area contributed by atoms with Gasteiger partial charge in [-0.25, -0.2) is 4.79 Å². The van der Waals surface area contributed by atoms with Gasteiger partial charge in [-0.05, 0) is 47.6 Å². The van der Waals surface area contributed by atoms with Crippen molar-refractivity contribution in [3.05, 3.63) is 57.8 Å². The number of hydrogen-bond acceptors (Lipinski definition) is 4. The van der Waals surface area contributed by atoms with E-state index in [0.29, 0.717) is 6.54 Å². The van der Waals surface area contributed by atoms with E-state index in [9.17, 15) is 9.90 Å². The van der Waals surface area contributed by atoms with Gasteiger partial charge in [0.05, 0.1) is 6.10 Å². The number of nitrogens with zero attached hydrogens (tertiary/aromatic N) is 1. The van der Waals surface area contributed by atoms with Gasteiger partial charge >= 0.3 is 6.03 Å². The van der Waals surface area contributed by atoms with E-state index in [1.165, 1.54) is 16.9 Å². The average Bonchev–Trinajstić information content (AvgIpc) is 3.05. The Bertz CT molecular complexity index is 614. The fourth-order valence-corrected chi connectivity index (χ4v) is 2.94. The normalized spacial score (nSPS) is 12.2. The predicted molar refractivity (Wildman–Crippen MR) is 93.4 cm³/mol. The number of urea groups is 1. The van der Waals surface area contributed by atoms with Crippen LogP contribution in [0.15, 0.2) is 41.1 Å². The van der Waals surface area contributed by atoms with Gasteiger partial charge in [0.1, 0.15) is 0 Å². The summed E-state index contributed by atoms with van der Waals surface area (Å²) in [4.78, 5) is 14.0. The lowest BCUT2D eigenvalue weighted by molar-refractivity contribution is 0.173. The maximum atomic E-state index is 11.9. The quantitative estimate of drug-likeness (QED) is 0.729. The Morgan fingerprint density at radius 2 is 1.96 bits per heavy atom. The van der Waals surface area contributed by atoms with Crippen LogP contribution in [0.1, 0.15) is 22.8 Å². The minimum atomic E-state index is -0.673. The van der Waals surface area contributed by atoms with E-state index in [1.807, 2.05) is 49.1 Å². The molecular formula is C17H23N3O2S. The van der Waals surface area contributed by atoms with Gasteiger partial charge in [-0.3, -0.25) is 0 Å². The van der Waals surface area contributed by atoms with E-state index in [4.69, 9.17) is 0 Å². The van der Waals surface area contributed by atoms with Crippen molar-refractivity contribution in [2.75, 3.05) is 20.6 Å². The van der Waals surface area contributed by atoms with E-state index in [0.717, 1.165) is 17.7 Å². The third-order valence-corrected chi connectivity index (χ3v) is 4.13. The lowest BCUT2D eigenvalue weighted by Crippen LogP contribution is -2.37. The number of carbonyl (C=O) groups excluding carboxylic acids is 1. The number of aliphatic hydroxyl groups excluding tert-OH is 1. The van der Waals surface area contributed by atoms with Crippen LogP contribution in [-0.2, 0) is 13.1 Å². The lowest BCUT2D eigenvalue weighted by Gasteiger charge is -2.15. The highest BCUT2D eigenvalue weighted by Gasteiger charge is 2.10. The molecule has 0 saturated heterocycles. The van der Waals surface area contributed by atoms with Gasteiger partial charge in [0.25, 0.3) is 0 Å². The third kappa shape index (κ3) is 5.67. The molecule has 1 aromatic carbocycles. The largest absolute Gasteiger partial charge is 0.387 e. The zero-order valence-corrected chi connectivity index (χ0v) is 14.3. The van der Waals surface area contributed by atoms with Gasteiger partial charge in [-0.1, -0.05) is 24.3 Å². The van der Waals surface area contributed by atoms with Crippen LogP contribution in [0.2, 0.25) is 0 Å². The smallest absolute Gasteiger partial charge is 0.315 e. The fraction of sp³-hybridized carbons (Fsp3) is 0.353. The fourth-order valence-electron chi connectivity index (χ4n) is 2.23. The molecule has 2 amide bonds. The van der Waals surface area contributed by atoms with Crippen molar-refractivity contribution >= 4 is 17.4 Å². The summed E-state index contributed by atoms with van der Waals surface area (Å²) >= 11 is 1.52. The van der Waals surface area contributed by atoms with Gasteiger partial charge in [0.15, 0.2) is 0 Å². The molecule has 2 aromatic rings. The number of carbonyl (C=O) groups is 1. The topological polar surface area (TPSA) is 64.6 Å². The first-order chi connectivity index (χ1) is 11.1. The molecule has 1 aromatic heterocycles. The molecule has 0 aliphatic rings. The van der Waals surface area contributed by atoms with Crippen LogP contribution < -0.4 is 10.6 Å². The Morgan fingerprint density at radius 3 is 2.61 bits per heavy atom. The standard InChI is InChI=1S/C17H23N3O2S/c1-20(2)11-14-6-4-3-5-13(14)9-18-17(22)19-10-16(21)15-7-8-23-12-15/h3-8,12,16,21H,9-11H2,1-2H3,(H2,18,19,22). The molecule has 0 spiro atoms. The van der Waals surface area contributed by atoms with Gasteiger partial charge < -0.3 is 20.6 Å². The van der Waals surface area contributed by atoms with E-state index >= 15 is 0 Å². The zero-order chi connectivity index (χ0) is 16.7. The van der Waals surface area contributed by atoms with Crippen LogP contribution in [-0.4, -0.2) is 36.7 Å². The molecule has 23 heavy (non-hydrogen) atoms. The number of aliphatic hydroxyl groups is 1. The second kappa shape index (κ2) is 8.67. The van der Waals surface area contributed by atoms with Gasteiger partial charge in [0, 0.05) is 19.6 Å². The first-order valence-electron chi connectivity index (χ1n) is 7.49. The second-order valence-corrected chi connectivity index (χ2v) is 6.42. The summed E-state index contributed by atoms with van der Waals surface area (Å²) in [5.41, 5.74) is 3.11. The maximum Gasteiger partial charge on any atom is 0.315 e. The first kappa shape index (κ1) is 17.5. The first-order valence-corrected chi connectivity index (χ1v) is 8.44. The maximum absolute atomic E-state index is 11.9. The van der Waals surface area contributed by atoms with Crippen LogP contribution >= 0.6 is 11.3 Å². The third-order valence-electron chi connectivity index (χ3n) is 3.43. The molecule has 0 bridgehead atoms. The molecule has 5 nitrogen and oxygen atoms in total. The summed E-state index contributed by atoms with van der Waals surface area (Å²) < 4.78 is 0. The van der Waals surface area contributed by atoms with E-state index < -0.39 is 6.10 Å². The highest BCUT2D eigenvalue weighted by Crippen LogP contribution is 2.15. The Labute approximate surface area is 140 Å². The number of hydrogen-bond donors (Lipinski definition) is 3. The lowest BCUT2D eigenvalue weighted by atomic mass is 10.1. The Kier molecular flexibility index (Phi) is 6.58. The molecule has 6 heteroatoms. The molecule has 1 unspecified atom stereocenters. The van der Waals surface area contributed by atoms with Crippen molar-refractivity contribution in [3.63, 3.8) is 0 Å². The summed E-state index contributed by atoms with van der Waals surface area (Å²) in [6.07, 6.45) is -0.673. The zero-order valence-electron chi connectivity index (χ0n) is 13.5. The van der Waals surface area contributed by atoms with E-state index in [-0.39, 0.29) is 12.6 Å². The highest BCUT2D eigenvalue weighted by molar-refractivity contribution is 7.07. The Hall–Kier alpha value is -1.89. The monoisotopic (exact) mass is 333 g/mol. The molecular weight excluding hydrogens is 310 g/mol. The van der Waals surface area contributed by atoms with Crippen molar-refractivity contribution in [1.29, 1.82) is 0 Å². The Morgan fingerprint density at radius 1 is 1.22 bits per heavy atom. The summed E-state index contributed by atoms with van der Waals surface area (Å²) in [6.45, 7) is 1.49. The molecule has 0 radical (unpaired) electrons. The molecule has 1 heterocycles. The molecule has 0 aliphatic heterocycles. The average molecular weight is 333 g/mol. The van der Waals surface area contributed by atoms with Crippen LogP contribution in [0.25, 0.3) is 0 Å². The molecule has 3 N–H and O–H groups in total. The van der Waals surface area contributed by atoms with Gasteiger partial charge in [-0.2, -0.15) is 11.3 Å². The van der Waals surface area contributed by atoms with Crippen LogP contribution in [0.5, 0.6) is 0 Å². The number of nitrogens with one attached hydrogen (secondary N) is 2. The van der Waals surface area contributed by atoms with Crippen LogP contribution in [0, 0.1) is 0 Å². The SMILES string of the molecule is CN(C)Cc1ccccc1CNC(=O)NCC(O)c1ccsc1. The highest BCUT2D eigenvalue weighted by atomic mass is 32.1. The number of benzene rings is 1. The molecule has 0 saturated carbocycles. The van der Waals surface area contributed by atoms with Crippen molar-refractivity contribution < 1.29 is 9.90 Å². The Balaban J connectivity index is 1.80. The minimum Gasteiger partial charge on any atom is -0.387 e.